The number of nitrogens with one attached hydrogen (secondary N) is 1. The zero-order valence-electron chi connectivity index (χ0n) is 18.5. The Bertz CT molecular complexity index is 1240. The first-order valence-electron chi connectivity index (χ1n) is 10.9. The van der Waals surface area contributed by atoms with Gasteiger partial charge in [0.05, 0.1) is 18.0 Å². The van der Waals surface area contributed by atoms with Crippen molar-refractivity contribution in [1.82, 2.24) is 4.72 Å². The van der Waals surface area contributed by atoms with Crippen LogP contribution in [0, 0.1) is 5.92 Å². The molecule has 3 aromatic carbocycles. The van der Waals surface area contributed by atoms with Gasteiger partial charge in [-0.05, 0) is 85.0 Å². The summed E-state index contributed by atoms with van der Waals surface area (Å²) in [6.45, 7) is 0.996. The molecule has 0 bridgehead atoms. The molecule has 1 N–H and O–H groups in total. The van der Waals surface area contributed by atoms with Crippen molar-refractivity contribution in [1.29, 1.82) is 0 Å². The van der Waals surface area contributed by atoms with Gasteiger partial charge in [-0.2, -0.15) is 0 Å². The number of piperidine rings is 1. The highest BCUT2D eigenvalue weighted by atomic mass is 35.5. The minimum Gasteiger partial charge on any atom is -0.497 e. The van der Waals surface area contributed by atoms with Gasteiger partial charge in [-0.25, -0.2) is 13.1 Å². The number of anilines is 1. The number of ether oxygens (including phenoxy) is 1. The van der Waals surface area contributed by atoms with Crippen LogP contribution >= 0.6 is 34.8 Å². The van der Waals surface area contributed by atoms with Crippen molar-refractivity contribution in [2.24, 2.45) is 5.92 Å². The number of benzene rings is 3. The second kappa shape index (κ2) is 10.8. The number of hydrogen-bond acceptors (Lipinski definition) is 4. The Balaban J connectivity index is 1.53. The standard InChI is InChI=1S/C25H25Cl3N2O3S/c1-33-21-8-10-22(11-9-21)34(31,32)29-15-17-2-13-25(23-12-5-19(27)14-24(23)28)30(16-17)20-6-3-18(26)4-7-20/h3-12,14,17,25,29H,2,13,15-16H2,1H3. The molecule has 1 saturated heterocycles. The summed E-state index contributed by atoms with van der Waals surface area (Å²) < 4.78 is 33.5. The molecule has 1 fully saturated rings. The lowest BCUT2D eigenvalue weighted by Crippen LogP contribution is -2.42. The molecule has 1 heterocycles. The smallest absolute Gasteiger partial charge is 0.240 e. The summed E-state index contributed by atoms with van der Waals surface area (Å²) in [6, 6.07) is 19.6. The van der Waals surface area contributed by atoms with Crippen molar-refractivity contribution >= 4 is 50.5 Å². The molecule has 1 aliphatic heterocycles. The maximum Gasteiger partial charge on any atom is 0.240 e. The van der Waals surface area contributed by atoms with Crippen molar-refractivity contribution in [2.45, 2.75) is 23.8 Å². The Kier molecular flexibility index (Phi) is 7.95. The van der Waals surface area contributed by atoms with E-state index in [9.17, 15) is 8.42 Å². The summed E-state index contributed by atoms with van der Waals surface area (Å²) in [7, 11) is -2.08. The van der Waals surface area contributed by atoms with E-state index in [0.717, 1.165) is 24.1 Å². The first-order valence-corrected chi connectivity index (χ1v) is 13.5. The topological polar surface area (TPSA) is 58.6 Å². The lowest BCUT2D eigenvalue weighted by molar-refractivity contribution is 0.358. The molecule has 3 aromatic rings. The number of rotatable bonds is 7. The molecule has 2 unspecified atom stereocenters. The van der Waals surface area contributed by atoms with E-state index in [4.69, 9.17) is 39.5 Å². The Hall–Kier alpha value is -1.96. The van der Waals surface area contributed by atoms with E-state index in [1.54, 1.807) is 37.4 Å². The lowest BCUT2D eigenvalue weighted by atomic mass is 9.88. The average molecular weight is 540 g/mol. The molecule has 5 nitrogen and oxygen atoms in total. The summed E-state index contributed by atoms with van der Waals surface area (Å²) in [5.74, 6) is 0.725. The number of sulfonamides is 1. The van der Waals surface area contributed by atoms with Gasteiger partial charge in [-0.3, -0.25) is 0 Å². The molecule has 1 aliphatic rings. The van der Waals surface area contributed by atoms with E-state index >= 15 is 0 Å². The summed E-state index contributed by atoms with van der Waals surface area (Å²) in [4.78, 5) is 2.48. The van der Waals surface area contributed by atoms with Crippen molar-refractivity contribution in [3.63, 3.8) is 0 Å². The quantitative estimate of drug-likeness (QED) is 0.368. The van der Waals surface area contributed by atoms with E-state index in [1.165, 1.54) is 0 Å². The summed E-state index contributed by atoms with van der Waals surface area (Å²) in [5.41, 5.74) is 2.00. The van der Waals surface area contributed by atoms with E-state index in [2.05, 4.69) is 9.62 Å². The van der Waals surface area contributed by atoms with Crippen LogP contribution in [0.25, 0.3) is 0 Å². The highest BCUT2D eigenvalue weighted by molar-refractivity contribution is 7.89. The molecule has 0 aromatic heterocycles. The van der Waals surface area contributed by atoms with E-state index in [0.29, 0.717) is 33.9 Å². The largest absolute Gasteiger partial charge is 0.497 e. The van der Waals surface area contributed by atoms with Crippen LogP contribution in [0.15, 0.2) is 71.6 Å². The normalized spacial score (nSPS) is 18.6. The Morgan fingerprint density at radius 1 is 0.941 bits per heavy atom. The van der Waals surface area contributed by atoms with Gasteiger partial charge in [-0.15, -0.1) is 0 Å². The highest BCUT2D eigenvalue weighted by Crippen LogP contribution is 2.40. The van der Waals surface area contributed by atoms with E-state index in [1.807, 2.05) is 36.4 Å². The molecule has 34 heavy (non-hydrogen) atoms. The molecule has 180 valence electrons. The van der Waals surface area contributed by atoms with E-state index in [-0.39, 0.29) is 16.9 Å². The molecule has 0 amide bonds. The van der Waals surface area contributed by atoms with Gasteiger partial charge < -0.3 is 9.64 Å². The van der Waals surface area contributed by atoms with Gasteiger partial charge in [0.1, 0.15) is 5.75 Å². The van der Waals surface area contributed by atoms with E-state index < -0.39 is 10.0 Å². The van der Waals surface area contributed by atoms with Crippen LogP contribution in [0.2, 0.25) is 15.1 Å². The molecule has 0 radical (unpaired) electrons. The van der Waals surface area contributed by atoms with Crippen LogP contribution in [0.4, 0.5) is 5.69 Å². The van der Waals surface area contributed by atoms with Crippen LogP contribution in [0.3, 0.4) is 0 Å². The first kappa shape index (κ1) is 25.1. The third-order valence-corrected chi connectivity index (χ3v) is 8.34. The van der Waals surface area contributed by atoms with Crippen molar-refractivity contribution < 1.29 is 13.2 Å². The SMILES string of the molecule is COc1ccc(S(=O)(=O)NCC2CCC(c3ccc(Cl)cc3Cl)N(c3ccc(Cl)cc3)C2)cc1. The summed E-state index contributed by atoms with van der Waals surface area (Å²) in [6.07, 6.45) is 1.66. The zero-order chi connectivity index (χ0) is 24.3. The zero-order valence-corrected chi connectivity index (χ0v) is 21.6. The maximum atomic E-state index is 12.8. The minimum atomic E-state index is -3.63. The monoisotopic (exact) mass is 538 g/mol. The van der Waals surface area contributed by atoms with Gasteiger partial charge in [0, 0.05) is 33.8 Å². The Labute approximate surface area is 215 Å². The van der Waals surface area contributed by atoms with Gasteiger partial charge in [-0.1, -0.05) is 40.9 Å². The highest BCUT2D eigenvalue weighted by Gasteiger charge is 2.31. The van der Waals surface area contributed by atoms with Crippen LogP contribution < -0.4 is 14.4 Å². The molecule has 0 saturated carbocycles. The van der Waals surface area contributed by atoms with Gasteiger partial charge in [0.15, 0.2) is 0 Å². The number of methoxy groups -OCH3 is 1. The Morgan fingerprint density at radius 3 is 2.26 bits per heavy atom. The fourth-order valence-corrected chi connectivity index (χ4v) is 6.07. The third-order valence-electron chi connectivity index (χ3n) is 6.09. The van der Waals surface area contributed by atoms with Gasteiger partial charge in [0.2, 0.25) is 10.0 Å². The second-order valence-electron chi connectivity index (χ2n) is 8.28. The minimum absolute atomic E-state index is 0.0420. The fraction of sp³-hybridized carbons (Fsp3) is 0.280. The molecule has 0 spiro atoms. The fourth-order valence-electron chi connectivity index (χ4n) is 4.29. The van der Waals surface area contributed by atoms with Gasteiger partial charge >= 0.3 is 0 Å². The second-order valence-corrected chi connectivity index (χ2v) is 11.3. The van der Waals surface area contributed by atoms with Crippen LogP contribution in [-0.2, 0) is 10.0 Å². The number of hydrogen-bond donors (Lipinski definition) is 1. The van der Waals surface area contributed by atoms with Gasteiger partial charge in [0.25, 0.3) is 0 Å². The Morgan fingerprint density at radius 2 is 1.62 bits per heavy atom. The summed E-state index contributed by atoms with van der Waals surface area (Å²) >= 11 is 18.8. The van der Waals surface area contributed by atoms with Crippen molar-refractivity contribution in [2.75, 3.05) is 25.1 Å². The number of nitrogens with zero attached hydrogens (tertiary/aromatic N) is 1. The third kappa shape index (κ3) is 5.81. The molecule has 4 rings (SSSR count). The summed E-state index contributed by atoms with van der Waals surface area (Å²) in [5, 5.41) is 1.87. The molecule has 2 atom stereocenters. The van der Waals surface area contributed by atoms with Crippen molar-refractivity contribution in [3.05, 3.63) is 87.4 Å². The lowest BCUT2D eigenvalue weighted by Gasteiger charge is -2.42. The molecular formula is C25H25Cl3N2O3S. The molecular weight excluding hydrogens is 515 g/mol. The van der Waals surface area contributed by atoms with Crippen LogP contribution in [0.5, 0.6) is 5.75 Å². The van der Waals surface area contributed by atoms with Crippen LogP contribution in [-0.4, -0.2) is 28.6 Å². The maximum absolute atomic E-state index is 12.8. The first-order chi connectivity index (χ1) is 16.3. The molecule has 9 heteroatoms. The van der Waals surface area contributed by atoms with Crippen molar-refractivity contribution in [3.8, 4) is 5.75 Å². The number of halogens is 3. The predicted molar refractivity (Wildman–Crippen MR) is 139 cm³/mol. The predicted octanol–water partition coefficient (Wildman–Crippen LogP) is 6.59. The van der Waals surface area contributed by atoms with Crippen LogP contribution in [0.1, 0.15) is 24.4 Å². The average Bonchev–Trinajstić information content (AvgIpc) is 2.83. The molecule has 0 aliphatic carbocycles.